The van der Waals surface area contributed by atoms with Crippen LogP contribution in [0.3, 0.4) is 0 Å². The monoisotopic (exact) mass is 269 g/mol. The molecule has 0 spiro atoms. The van der Waals surface area contributed by atoms with Crippen molar-refractivity contribution < 1.29 is 19.5 Å². The number of imidazole rings is 1. The lowest BCUT2D eigenvalue weighted by Gasteiger charge is -2.11. The van der Waals surface area contributed by atoms with Gasteiger partial charge in [-0.25, -0.2) is 9.78 Å². The number of rotatable bonds is 7. The Morgan fingerprint density at radius 1 is 1.47 bits per heavy atom. The molecule has 1 rings (SSSR count). The lowest BCUT2D eigenvalue weighted by atomic mass is 10.2. The molecule has 1 heterocycles. The summed E-state index contributed by atoms with van der Waals surface area (Å²) in [6.07, 6.45) is 2.36. The molecule has 0 aliphatic rings. The number of carboxylic acids is 1. The third-order valence-corrected chi connectivity index (χ3v) is 2.26. The number of carbonyl (C=O) groups excluding carboxylic acids is 2. The van der Waals surface area contributed by atoms with Crippen LogP contribution in [0.15, 0.2) is 12.5 Å². The molecule has 6 N–H and O–H groups in total. The quantitative estimate of drug-likeness (QED) is 0.444. The van der Waals surface area contributed by atoms with E-state index in [0.717, 1.165) is 0 Å². The summed E-state index contributed by atoms with van der Waals surface area (Å²) in [6.45, 7) is 0.876. The summed E-state index contributed by atoms with van der Waals surface area (Å²) in [4.78, 5) is 37.1. The van der Waals surface area contributed by atoms with Crippen LogP contribution < -0.4 is 16.8 Å². The normalized spacial score (nSPS) is 11.8. The summed E-state index contributed by atoms with van der Waals surface area (Å²) in [5, 5.41) is 11.0. The van der Waals surface area contributed by atoms with Crippen molar-refractivity contribution in [2.75, 3.05) is 6.54 Å². The highest BCUT2D eigenvalue weighted by Gasteiger charge is 2.23. The third kappa shape index (κ3) is 4.39. The Hall–Kier alpha value is -2.42. The Morgan fingerprint density at radius 3 is 2.68 bits per heavy atom. The van der Waals surface area contributed by atoms with E-state index in [0.29, 0.717) is 13.1 Å². The van der Waals surface area contributed by atoms with Gasteiger partial charge in [-0.05, 0) is 0 Å². The predicted molar refractivity (Wildman–Crippen MR) is 64.0 cm³/mol. The molecule has 0 saturated heterocycles. The number of amides is 2. The van der Waals surface area contributed by atoms with Gasteiger partial charge in [-0.3, -0.25) is 9.59 Å². The minimum atomic E-state index is -1.37. The van der Waals surface area contributed by atoms with Gasteiger partial charge < -0.3 is 26.5 Å². The third-order valence-electron chi connectivity index (χ3n) is 2.26. The fourth-order valence-electron chi connectivity index (χ4n) is 1.38. The molecule has 9 heteroatoms. The number of nitrogens with two attached hydrogens (primary N) is 2. The van der Waals surface area contributed by atoms with Crippen LogP contribution >= 0.6 is 0 Å². The molecule has 19 heavy (non-hydrogen) atoms. The minimum Gasteiger partial charge on any atom is -0.480 e. The first kappa shape index (κ1) is 14.6. The molecule has 0 aliphatic carbocycles. The number of nitrogens with one attached hydrogen (secondary N) is 1. The van der Waals surface area contributed by atoms with Crippen LogP contribution in [0.5, 0.6) is 0 Å². The summed E-state index contributed by atoms with van der Waals surface area (Å²) in [5.74, 6) is -2.85. The second kappa shape index (κ2) is 6.50. The zero-order valence-corrected chi connectivity index (χ0v) is 10.1. The molecule has 9 nitrogen and oxygen atoms in total. The molecule has 0 bridgehead atoms. The Morgan fingerprint density at radius 2 is 2.16 bits per heavy atom. The SMILES string of the molecule is NCCn1cnc(C(=O)NC(CC(N)=O)C(=O)O)c1. The summed E-state index contributed by atoms with van der Waals surface area (Å²) >= 11 is 0. The number of carbonyl (C=O) groups is 3. The lowest BCUT2D eigenvalue weighted by Crippen LogP contribution is -2.43. The van der Waals surface area contributed by atoms with E-state index in [1.54, 1.807) is 4.57 Å². The van der Waals surface area contributed by atoms with E-state index in [1.165, 1.54) is 12.5 Å². The van der Waals surface area contributed by atoms with Gasteiger partial charge in [0.1, 0.15) is 11.7 Å². The minimum absolute atomic E-state index is 0.0455. The van der Waals surface area contributed by atoms with Crippen molar-refractivity contribution in [2.45, 2.75) is 19.0 Å². The van der Waals surface area contributed by atoms with E-state index in [2.05, 4.69) is 10.3 Å². The number of aliphatic carboxylic acids is 1. The molecule has 0 saturated carbocycles. The zero-order chi connectivity index (χ0) is 14.4. The number of hydrogen-bond acceptors (Lipinski definition) is 5. The molecule has 1 aromatic rings. The highest BCUT2D eigenvalue weighted by Crippen LogP contribution is 1.99. The highest BCUT2D eigenvalue weighted by molar-refractivity contribution is 5.96. The van der Waals surface area contributed by atoms with Crippen molar-refractivity contribution >= 4 is 17.8 Å². The van der Waals surface area contributed by atoms with E-state index in [9.17, 15) is 14.4 Å². The van der Waals surface area contributed by atoms with Gasteiger partial charge in [-0.15, -0.1) is 0 Å². The fourth-order valence-corrected chi connectivity index (χ4v) is 1.38. The first-order chi connectivity index (χ1) is 8.93. The number of primary amides is 1. The topological polar surface area (TPSA) is 153 Å². The smallest absolute Gasteiger partial charge is 0.326 e. The lowest BCUT2D eigenvalue weighted by molar-refractivity contribution is -0.140. The van der Waals surface area contributed by atoms with Crippen molar-refractivity contribution in [1.82, 2.24) is 14.9 Å². The van der Waals surface area contributed by atoms with Gasteiger partial charge in [-0.1, -0.05) is 0 Å². The van der Waals surface area contributed by atoms with Crippen molar-refractivity contribution in [1.29, 1.82) is 0 Å². The maximum absolute atomic E-state index is 11.7. The van der Waals surface area contributed by atoms with Gasteiger partial charge in [-0.2, -0.15) is 0 Å². The van der Waals surface area contributed by atoms with E-state index < -0.39 is 30.2 Å². The molecular weight excluding hydrogens is 254 g/mol. The number of aromatic nitrogens is 2. The standard InChI is InChI=1S/C10H15N5O4/c11-1-2-15-4-7(13-5-15)9(17)14-6(10(18)19)3-8(12)16/h4-6H,1-3,11H2,(H2,12,16)(H,14,17)(H,18,19). The van der Waals surface area contributed by atoms with Gasteiger partial charge >= 0.3 is 5.97 Å². The molecule has 0 aliphatic heterocycles. The molecule has 0 aromatic carbocycles. The van der Waals surface area contributed by atoms with Crippen molar-refractivity contribution in [3.63, 3.8) is 0 Å². The maximum Gasteiger partial charge on any atom is 0.326 e. The number of carboxylic acid groups (broad SMARTS) is 1. The van der Waals surface area contributed by atoms with Crippen LogP contribution in [0, 0.1) is 0 Å². The predicted octanol–water partition coefficient (Wildman–Crippen LogP) is -2.10. The van der Waals surface area contributed by atoms with Gasteiger partial charge in [0, 0.05) is 19.3 Å². The van der Waals surface area contributed by atoms with Crippen LogP contribution in [-0.4, -0.2) is 45.0 Å². The van der Waals surface area contributed by atoms with E-state index in [4.69, 9.17) is 16.6 Å². The Labute approximate surface area is 108 Å². The highest BCUT2D eigenvalue weighted by atomic mass is 16.4. The Kier molecular flexibility index (Phi) is 5.01. The average molecular weight is 269 g/mol. The van der Waals surface area contributed by atoms with Crippen LogP contribution in [0.4, 0.5) is 0 Å². The molecule has 1 aromatic heterocycles. The number of nitrogens with zero attached hydrogens (tertiary/aromatic N) is 2. The molecule has 1 unspecified atom stereocenters. The first-order valence-corrected chi connectivity index (χ1v) is 5.48. The largest absolute Gasteiger partial charge is 0.480 e. The van der Waals surface area contributed by atoms with Crippen molar-refractivity contribution in [2.24, 2.45) is 11.5 Å². The second-order valence-corrected chi connectivity index (χ2v) is 3.82. The van der Waals surface area contributed by atoms with Crippen LogP contribution in [0.25, 0.3) is 0 Å². The Balaban J connectivity index is 2.70. The van der Waals surface area contributed by atoms with E-state index in [1.807, 2.05) is 0 Å². The zero-order valence-electron chi connectivity index (χ0n) is 10.1. The van der Waals surface area contributed by atoms with Gasteiger partial charge in [0.25, 0.3) is 5.91 Å². The summed E-state index contributed by atoms with van der Waals surface area (Å²) in [6, 6.07) is -1.37. The second-order valence-electron chi connectivity index (χ2n) is 3.82. The van der Waals surface area contributed by atoms with Gasteiger partial charge in [0.2, 0.25) is 5.91 Å². The van der Waals surface area contributed by atoms with Gasteiger partial charge in [0.15, 0.2) is 0 Å². The van der Waals surface area contributed by atoms with E-state index in [-0.39, 0.29) is 5.69 Å². The molecule has 104 valence electrons. The molecule has 1 atom stereocenters. The first-order valence-electron chi connectivity index (χ1n) is 5.48. The molecule has 2 amide bonds. The van der Waals surface area contributed by atoms with Gasteiger partial charge in [0.05, 0.1) is 12.7 Å². The number of hydrogen-bond donors (Lipinski definition) is 4. The summed E-state index contributed by atoms with van der Waals surface area (Å²) in [7, 11) is 0. The van der Waals surface area contributed by atoms with Crippen molar-refractivity contribution in [3.05, 3.63) is 18.2 Å². The summed E-state index contributed by atoms with van der Waals surface area (Å²) < 4.78 is 1.60. The van der Waals surface area contributed by atoms with Crippen LogP contribution in [0.1, 0.15) is 16.9 Å². The average Bonchev–Trinajstić information content (AvgIpc) is 2.76. The fraction of sp³-hybridized carbons (Fsp3) is 0.400. The van der Waals surface area contributed by atoms with E-state index >= 15 is 0 Å². The maximum atomic E-state index is 11.7. The molecular formula is C10H15N5O4. The Bertz CT molecular complexity index is 484. The van der Waals surface area contributed by atoms with Crippen LogP contribution in [0.2, 0.25) is 0 Å². The van der Waals surface area contributed by atoms with Crippen LogP contribution in [-0.2, 0) is 16.1 Å². The van der Waals surface area contributed by atoms with Crippen molar-refractivity contribution in [3.8, 4) is 0 Å². The molecule has 0 fully saturated rings. The molecule has 0 radical (unpaired) electrons. The summed E-state index contributed by atoms with van der Waals surface area (Å²) in [5.41, 5.74) is 10.3.